The topological polar surface area (TPSA) is 84.9 Å². The van der Waals surface area contributed by atoms with E-state index in [1.54, 1.807) is 5.48 Å². The number of rotatable bonds is 1. The predicted molar refractivity (Wildman–Crippen MR) is 39.3 cm³/mol. The molecule has 1 heterocycles. The number of hydrogen-bond donors (Lipinski definition) is 2. The monoisotopic (exact) mass is 187 g/mol. The summed E-state index contributed by atoms with van der Waals surface area (Å²) in [7, 11) is 0. The summed E-state index contributed by atoms with van der Waals surface area (Å²) >= 11 is 0. The molecule has 1 saturated heterocycles. The van der Waals surface area contributed by atoms with Gasteiger partial charge in [-0.25, -0.2) is 9.59 Å². The fourth-order valence-corrected chi connectivity index (χ4v) is 0.843. The quantitative estimate of drug-likeness (QED) is 0.253. The minimum Gasteiger partial charge on any atom is -0.419 e. The van der Waals surface area contributed by atoms with Crippen LogP contribution in [-0.2, 0) is 19.1 Å². The molecule has 13 heavy (non-hydrogen) atoms. The molecule has 1 aliphatic rings. The average molecular weight is 187 g/mol. The molecule has 0 aliphatic carbocycles. The molecule has 0 aromatic carbocycles. The van der Waals surface area contributed by atoms with Crippen LogP contribution in [0.1, 0.15) is 13.8 Å². The summed E-state index contributed by atoms with van der Waals surface area (Å²) in [5, 5.41) is 8.24. The second kappa shape index (κ2) is 3.06. The summed E-state index contributed by atoms with van der Waals surface area (Å²) in [6.07, 6.45) is 0.805. The number of hydroxylamine groups is 1. The minimum absolute atomic E-state index is 0.373. The van der Waals surface area contributed by atoms with Gasteiger partial charge < -0.3 is 9.47 Å². The fraction of sp³-hybridized carbons (Fsp3) is 0.429. The van der Waals surface area contributed by atoms with Crippen LogP contribution in [0, 0.1) is 0 Å². The third kappa shape index (κ3) is 1.97. The van der Waals surface area contributed by atoms with E-state index in [1.165, 1.54) is 13.8 Å². The number of hydrogen-bond acceptors (Lipinski definition) is 6. The summed E-state index contributed by atoms with van der Waals surface area (Å²) in [6, 6.07) is 0. The van der Waals surface area contributed by atoms with Gasteiger partial charge in [0.25, 0.3) is 5.79 Å². The van der Waals surface area contributed by atoms with Gasteiger partial charge in [-0.2, -0.15) is 0 Å². The summed E-state index contributed by atoms with van der Waals surface area (Å²) in [5.74, 6) is -2.91. The molecule has 0 saturated carbocycles. The molecule has 1 fully saturated rings. The molecule has 0 aromatic rings. The predicted octanol–water partition coefficient (Wildman–Crippen LogP) is -0.315. The molecule has 0 amide bonds. The lowest BCUT2D eigenvalue weighted by atomic mass is 10.2. The molecule has 0 aromatic heterocycles. The van der Waals surface area contributed by atoms with E-state index in [4.69, 9.17) is 14.7 Å². The van der Waals surface area contributed by atoms with Gasteiger partial charge in [-0.15, -0.1) is 0 Å². The number of cyclic esters (lactones) is 2. The van der Waals surface area contributed by atoms with Crippen molar-refractivity contribution in [2.75, 3.05) is 0 Å². The Morgan fingerprint density at radius 3 is 2.15 bits per heavy atom. The largest absolute Gasteiger partial charge is 0.419 e. The molecule has 6 heteroatoms. The Labute approximate surface area is 74.1 Å². The molecule has 0 radical (unpaired) electrons. The van der Waals surface area contributed by atoms with Gasteiger partial charge in [-0.1, -0.05) is 0 Å². The van der Waals surface area contributed by atoms with Crippen LogP contribution in [-0.4, -0.2) is 22.9 Å². The van der Waals surface area contributed by atoms with E-state index in [0.29, 0.717) is 0 Å². The SMILES string of the molecule is CC1(C)OC(=O)C(=CNO)C(=O)O1. The van der Waals surface area contributed by atoms with E-state index >= 15 is 0 Å². The van der Waals surface area contributed by atoms with Crippen molar-refractivity contribution < 1.29 is 24.3 Å². The van der Waals surface area contributed by atoms with Crippen molar-refractivity contribution in [2.24, 2.45) is 0 Å². The first-order valence-electron chi connectivity index (χ1n) is 3.53. The third-order valence-electron chi connectivity index (χ3n) is 1.33. The zero-order valence-electron chi connectivity index (χ0n) is 7.16. The maximum Gasteiger partial charge on any atom is 0.350 e. The smallest absolute Gasteiger partial charge is 0.350 e. The molecule has 0 unspecified atom stereocenters. The van der Waals surface area contributed by atoms with Gasteiger partial charge in [-0.3, -0.25) is 10.7 Å². The van der Waals surface area contributed by atoms with Crippen LogP contribution >= 0.6 is 0 Å². The molecule has 72 valence electrons. The number of carbonyl (C=O) groups is 2. The molecule has 0 bridgehead atoms. The van der Waals surface area contributed by atoms with Crippen LogP contribution in [0.5, 0.6) is 0 Å². The first kappa shape index (κ1) is 9.53. The number of esters is 2. The third-order valence-corrected chi connectivity index (χ3v) is 1.33. The molecular formula is C7H9NO5. The molecule has 2 N–H and O–H groups in total. The first-order chi connectivity index (χ1) is 5.96. The normalized spacial score (nSPS) is 20.4. The van der Waals surface area contributed by atoms with E-state index in [-0.39, 0.29) is 5.57 Å². The Bertz CT molecular complexity index is 259. The Hall–Kier alpha value is -1.56. The summed E-state index contributed by atoms with van der Waals surface area (Å²) in [6.45, 7) is 2.87. The maximum atomic E-state index is 11.1. The molecule has 0 spiro atoms. The average Bonchev–Trinajstić information content (AvgIpc) is 1.94. The number of ether oxygens (including phenoxy) is 2. The highest BCUT2D eigenvalue weighted by atomic mass is 16.7. The maximum absolute atomic E-state index is 11.1. The van der Waals surface area contributed by atoms with Crippen LogP contribution in [0.2, 0.25) is 0 Å². The number of nitrogens with one attached hydrogen (secondary N) is 1. The Balaban J connectivity index is 2.89. The van der Waals surface area contributed by atoms with Gasteiger partial charge in [0, 0.05) is 20.0 Å². The lowest BCUT2D eigenvalue weighted by Gasteiger charge is -2.29. The van der Waals surface area contributed by atoms with Gasteiger partial charge in [0.15, 0.2) is 5.57 Å². The molecule has 0 atom stereocenters. The van der Waals surface area contributed by atoms with Gasteiger partial charge in [-0.05, 0) is 0 Å². The Morgan fingerprint density at radius 2 is 1.77 bits per heavy atom. The fourth-order valence-electron chi connectivity index (χ4n) is 0.843. The van der Waals surface area contributed by atoms with Crippen molar-refractivity contribution in [1.29, 1.82) is 0 Å². The zero-order valence-corrected chi connectivity index (χ0v) is 7.16. The molecular weight excluding hydrogens is 178 g/mol. The van der Waals surface area contributed by atoms with Gasteiger partial charge in [0.05, 0.1) is 0 Å². The van der Waals surface area contributed by atoms with Crippen LogP contribution in [0.25, 0.3) is 0 Å². The van der Waals surface area contributed by atoms with Crippen LogP contribution in [0.4, 0.5) is 0 Å². The van der Waals surface area contributed by atoms with E-state index in [0.717, 1.165) is 6.20 Å². The second-order valence-electron chi connectivity index (χ2n) is 2.87. The van der Waals surface area contributed by atoms with Gasteiger partial charge in [0.1, 0.15) is 0 Å². The summed E-state index contributed by atoms with van der Waals surface area (Å²) < 4.78 is 9.42. The van der Waals surface area contributed by atoms with Crippen molar-refractivity contribution in [3.63, 3.8) is 0 Å². The lowest BCUT2D eigenvalue weighted by Crippen LogP contribution is -2.42. The van der Waals surface area contributed by atoms with Crippen molar-refractivity contribution >= 4 is 11.9 Å². The van der Waals surface area contributed by atoms with Crippen LogP contribution in [0.3, 0.4) is 0 Å². The van der Waals surface area contributed by atoms with Crippen LogP contribution < -0.4 is 5.48 Å². The van der Waals surface area contributed by atoms with E-state index in [9.17, 15) is 9.59 Å². The van der Waals surface area contributed by atoms with Crippen molar-refractivity contribution in [3.8, 4) is 0 Å². The Kier molecular flexibility index (Phi) is 2.24. The van der Waals surface area contributed by atoms with Crippen molar-refractivity contribution in [2.45, 2.75) is 19.6 Å². The Morgan fingerprint density at radius 1 is 1.31 bits per heavy atom. The van der Waals surface area contributed by atoms with E-state index < -0.39 is 17.7 Å². The molecule has 1 aliphatic heterocycles. The highest BCUT2D eigenvalue weighted by molar-refractivity contribution is 6.15. The molecule has 6 nitrogen and oxygen atoms in total. The lowest BCUT2D eigenvalue weighted by molar-refractivity contribution is -0.222. The van der Waals surface area contributed by atoms with Crippen molar-refractivity contribution in [1.82, 2.24) is 5.48 Å². The van der Waals surface area contributed by atoms with Crippen LogP contribution in [0.15, 0.2) is 11.8 Å². The summed E-state index contributed by atoms with van der Waals surface area (Å²) in [4.78, 5) is 22.1. The van der Waals surface area contributed by atoms with Gasteiger partial charge in [0.2, 0.25) is 0 Å². The highest BCUT2D eigenvalue weighted by Crippen LogP contribution is 2.21. The standard InChI is InChI=1S/C7H9NO5/c1-7(2)12-5(9)4(3-8-11)6(10)13-7/h3,8,11H,1-2H3. The van der Waals surface area contributed by atoms with E-state index in [2.05, 4.69) is 0 Å². The van der Waals surface area contributed by atoms with Crippen molar-refractivity contribution in [3.05, 3.63) is 11.8 Å². The summed E-state index contributed by atoms with van der Waals surface area (Å²) in [5.41, 5.74) is 1.19. The highest BCUT2D eigenvalue weighted by Gasteiger charge is 2.38. The van der Waals surface area contributed by atoms with Gasteiger partial charge >= 0.3 is 11.9 Å². The first-order valence-corrected chi connectivity index (χ1v) is 3.53. The second-order valence-corrected chi connectivity index (χ2v) is 2.87. The minimum atomic E-state index is -1.25. The van der Waals surface area contributed by atoms with E-state index in [1.807, 2.05) is 0 Å². The zero-order chi connectivity index (χ0) is 10.1. The number of carbonyl (C=O) groups excluding carboxylic acids is 2. The molecule has 1 rings (SSSR count).